The van der Waals surface area contributed by atoms with Crippen LogP contribution in [0.3, 0.4) is 0 Å². The Balaban J connectivity index is 0.00000450. The number of amides is 1. The fourth-order valence-electron chi connectivity index (χ4n) is 2.61. The van der Waals surface area contributed by atoms with Crippen molar-refractivity contribution in [2.24, 2.45) is 4.99 Å². The molecular weight excluding hydrogens is 515 g/mol. The molecule has 1 amide bonds. The summed E-state index contributed by atoms with van der Waals surface area (Å²) in [7, 11) is 4.79. The van der Waals surface area contributed by atoms with Gasteiger partial charge in [0.05, 0.1) is 0 Å². The van der Waals surface area contributed by atoms with Crippen molar-refractivity contribution in [3.63, 3.8) is 0 Å². The van der Waals surface area contributed by atoms with Crippen molar-refractivity contribution in [1.82, 2.24) is 15.5 Å². The van der Waals surface area contributed by atoms with E-state index in [2.05, 4.69) is 15.6 Å². The maximum Gasteiger partial charge on any atom is 0.253 e. The Morgan fingerprint density at radius 3 is 2.23 bits per heavy atom. The van der Waals surface area contributed by atoms with E-state index in [1.807, 2.05) is 6.07 Å². The standard InChI is InChI=1S/C20H22F4N4O.HI/c1-25-20(27-11-14-17(23)15(21)10-16(22)18(14)24)26-8-7-12-5-4-6-13(9-12)19(29)28(2)3;/h4-6,9-10H,7-8,11H2,1-3H3,(H2,25,26,27);1H. The lowest BCUT2D eigenvalue weighted by Crippen LogP contribution is -2.38. The minimum atomic E-state index is -1.46. The van der Waals surface area contributed by atoms with E-state index in [0.29, 0.717) is 18.5 Å². The van der Waals surface area contributed by atoms with Gasteiger partial charge in [-0.05, 0) is 24.1 Å². The molecule has 0 saturated heterocycles. The molecule has 164 valence electrons. The first-order valence-electron chi connectivity index (χ1n) is 8.81. The largest absolute Gasteiger partial charge is 0.356 e. The molecular formula is C20H23F4IN4O. The Hall–Kier alpha value is -2.37. The molecule has 0 heterocycles. The molecule has 0 aliphatic carbocycles. The van der Waals surface area contributed by atoms with E-state index in [1.165, 1.54) is 11.9 Å². The maximum atomic E-state index is 13.7. The molecule has 0 spiro atoms. The molecule has 0 saturated carbocycles. The van der Waals surface area contributed by atoms with Crippen molar-refractivity contribution < 1.29 is 22.4 Å². The Kier molecular flexibility index (Phi) is 10.0. The van der Waals surface area contributed by atoms with Gasteiger partial charge in [-0.2, -0.15) is 0 Å². The van der Waals surface area contributed by atoms with Crippen LogP contribution in [-0.4, -0.2) is 44.5 Å². The number of nitrogens with zero attached hydrogens (tertiary/aromatic N) is 2. The lowest BCUT2D eigenvalue weighted by atomic mass is 10.1. The lowest BCUT2D eigenvalue weighted by molar-refractivity contribution is 0.0827. The fraction of sp³-hybridized carbons (Fsp3) is 0.300. The number of halogens is 5. The maximum absolute atomic E-state index is 13.7. The number of carbonyl (C=O) groups excluding carboxylic acids is 1. The van der Waals surface area contributed by atoms with Crippen LogP contribution in [0.1, 0.15) is 21.5 Å². The van der Waals surface area contributed by atoms with E-state index in [0.717, 1.165) is 5.56 Å². The van der Waals surface area contributed by atoms with Crippen molar-refractivity contribution in [1.29, 1.82) is 0 Å². The van der Waals surface area contributed by atoms with Gasteiger partial charge in [0.2, 0.25) is 0 Å². The van der Waals surface area contributed by atoms with Crippen LogP contribution in [0.2, 0.25) is 0 Å². The van der Waals surface area contributed by atoms with Gasteiger partial charge in [-0.15, -0.1) is 24.0 Å². The zero-order valence-electron chi connectivity index (χ0n) is 16.7. The summed E-state index contributed by atoms with van der Waals surface area (Å²) in [6, 6.07) is 7.31. The van der Waals surface area contributed by atoms with Crippen LogP contribution in [0.15, 0.2) is 35.3 Å². The van der Waals surface area contributed by atoms with E-state index in [4.69, 9.17) is 0 Å². The third kappa shape index (κ3) is 6.57. The smallest absolute Gasteiger partial charge is 0.253 e. The Labute approximate surface area is 189 Å². The number of aliphatic imine (C=N–C) groups is 1. The van der Waals surface area contributed by atoms with Crippen LogP contribution >= 0.6 is 24.0 Å². The van der Waals surface area contributed by atoms with Crippen LogP contribution < -0.4 is 10.6 Å². The molecule has 0 aliphatic heterocycles. The summed E-state index contributed by atoms with van der Waals surface area (Å²) in [4.78, 5) is 17.4. The minimum absolute atomic E-state index is 0. The Morgan fingerprint density at radius 2 is 1.67 bits per heavy atom. The van der Waals surface area contributed by atoms with Crippen LogP contribution in [-0.2, 0) is 13.0 Å². The van der Waals surface area contributed by atoms with E-state index in [1.54, 1.807) is 32.3 Å². The molecule has 0 radical (unpaired) electrons. The number of nitrogens with one attached hydrogen (secondary N) is 2. The summed E-state index contributed by atoms with van der Waals surface area (Å²) < 4.78 is 54.0. The predicted molar refractivity (Wildman–Crippen MR) is 118 cm³/mol. The number of benzene rings is 2. The molecule has 10 heteroatoms. The number of hydrogen-bond acceptors (Lipinski definition) is 2. The molecule has 30 heavy (non-hydrogen) atoms. The van der Waals surface area contributed by atoms with Crippen LogP contribution in [0.4, 0.5) is 17.6 Å². The molecule has 2 rings (SSSR count). The normalized spacial score (nSPS) is 11.0. The Morgan fingerprint density at radius 1 is 1.03 bits per heavy atom. The molecule has 5 nitrogen and oxygen atoms in total. The van der Waals surface area contributed by atoms with Gasteiger partial charge in [0.1, 0.15) is 0 Å². The number of hydrogen-bond donors (Lipinski definition) is 2. The first-order valence-corrected chi connectivity index (χ1v) is 8.81. The average Bonchev–Trinajstić information content (AvgIpc) is 2.70. The highest BCUT2D eigenvalue weighted by Crippen LogP contribution is 2.19. The molecule has 0 bridgehead atoms. The molecule has 2 aromatic carbocycles. The van der Waals surface area contributed by atoms with Crippen molar-refractivity contribution in [3.05, 3.63) is 70.3 Å². The van der Waals surface area contributed by atoms with Gasteiger partial charge >= 0.3 is 0 Å². The predicted octanol–water partition coefficient (Wildman–Crippen LogP) is 3.47. The monoisotopic (exact) mass is 538 g/mol. The fourth-order valence-corrected chi connectivity index (χ4v) is 2.61. The van der Waals surface area contributed by atoms with Gasteiger partial charge in [0.25, 0.3) is 5.91 Å². The number of carbonyl (C=O) groups is 1. The first kappa shape index (κ1) is 25.7. The highest BCUT2D eigenvalue weighted by Gasteiger charge is 2.19. The molecule has 0 fully saturated rings. The van der Waals surface area contributed by atoms with Crippen molar-refractivity contribution in [2.45, 2.75) is 13.0 Å². The van der Waals surface area contributed by atoms with Crippen LogP contribution in [0.25, 0.3) is 0 Å². The van der Waals surface area contributed by atoms with Gasteiger partial charge in [0.15, 0.2) is 29.2 Å². The van der Waals surface area contributed by atoms with Gasteiger partial charge in [-0.1, -0.05) is 12.1 Å². The van der Waals surface area contributed by atoms with Gasteiger partial charge in [0, 0.05) is 51.4 Å². The van der Waals surface area contributed by atoms with Gasteiger partial charge in [-0.25, -0.2) is 17.6 Å². The summed E-state index contributed by atoms with van der Waals surface area (Å²) >= 11 is 0. The first-order chi connectivity index (χ1) is 13.7. The van der Waals surface area contributed by atoms with Crippen molar-refractivity contribution in [2.75, 3.05) is 27.7 Å². The second-order valence-corrected chi connectivity index (χ2v) is 6.45. The highest BCUT2D eigenvalue weighted by atomic mass is 127. The molecule has 0 atom stereocenters. The van der Waals surface area contributed by atoms with E-state index in [-0.39, 0.29) is 41.9 Å². The molecule has 2 aromatic rings. The zero-order chi connectivity index (χ0) is 21.6. The molecule has 0 unspecified atom stereocenters. The van der Waals surface area contributed by atoms with Gasteiger partial charge in [-0.3, -0.25) is 9.79 Å². The number of guanidine groups is 1. The zero-order valence-corrected chi connectivity index (χ0v) is 19.1. The summed E-state index contributed by atoms with van der Waals surface area (Å²) in [5, 5.41) is 5.56. The quantitative estimate of drug-likeness (QED) is 0.195. The highest BCUT2D eigenvalue weighted by molar-refractivity contribution is 14.0. The summed E-state index contributed by atoms with van der Waals surface area (Å²) in [5.74, 6) is -5.73. The summed E-state index contributed by atoms with van der Waals surface area (Å²) in [6.45, 7) is -0.0827. The second-order valence-electron chi connectivity index (χ2n) is 6.45. The summed E-state index contributed by atoms with van der Waals surface area (Å²) in [5.41, 5.74) is 0.722. The minimum Gasteiger partial charge on any atom is -0.356 e. The molecule has 2 N–H and O–H groups in total. The third-order valence-corrected chi connectivity index (χ3v) is 4.15. The third-order valence-electron chi connectivity index (χ3n) is 4.15. The topological polar surface area (TPSA) is 56.7 Å². The van der Waals surface area contributed by atoms with Crippen LogP contribution in [0, 0.1) is 23.3 Å². The SMILES string of the molecule is CN=C(NCCc1cccc(C(=O)N(C)C)c1)NCc1c(F)c(F)cc(F)c1F.I. The van der Waals surface area contributed by atoms with Gasteiger partial charge < -0.3 is 15.5 Å². The average molecular weight is 538 g/mol. The van der Waals surface area contributed by atoms with Crippen LogP contribution in [0.5, 0.6) is 0 Å². The molecule has 0 aromatic heterocycles. The Bertz CT molecular complexity index is 896. The van der Waals surface area contributed by atoms with Crippen molar-refractivity contribution in [3.8, 4) is 0 Å². The van der Waals surface area contributed by atoms with Crippen molar-refractivity contribution >= 4 is 35.8 Å². The second kappa shape index (κ2) is 11.7. The van der Waals surface area contributed by atoms with E-state index < -0.39 is 35.4 Å². The number of rotatable bonds is 6. The summed E-state index contributed by atoms with van der Waals surface area (Å²) in [6.07, 6.45) is 0.548. The molecule has 0 aliphatic rings. The van der Waals surface area contributed by atoms with E-state index in [9.17, 15) is 22.4 Å². The van der Waals surface area contributed by atoms with E-state index >= 15 is 0 Å². The lowest BCUT2D eigenvalue weighted by Gasteiger charge is -2.14.